The highest BCUT2D eigenvalue weighted by molar-refractivity contribution is 6.08. The van der Waals surface area contributed by atoms with Gasteiger partial charge < -0.3 is 14.2 Å². The maximum atomic E-state index is 13.0. The molecule has 1 saturated heterocycles. The standard InChI is InChI=1S/C27H27NO7/c1-3-16-15-19(25(30)28-24(16)29)21-23(35-27(32)18-13-9-6-10-14-18)22(20(4-2)33-21)34-26(31)17-11-7-5-8-12-17/h5-15,19-23H,3-4H2,1-2H3,(H,28,29,30)/t19?,20-,21+,22?,23-/m1/s1. The number of rotatable bonds is 7. The van der Waals surface area contributed by atoms with Crippen molar-refractivity contribution in [1.82, 2.24) is 5.32 Å². The van der Waals surface area contributed by atoms with Crippen LogP contribution >= 0.6 is 0 Å². The number of esters is 2. The van der Waals surface area contributed by atoms with Crippen LogP contribution in [0.15, 0.2) is 72.3 Å². The van der Waals surface area contributed by atoms with Crippen molar-refractivity contribution in [2.24, 2.45) is 5.92 Å². The summed E-state index contributed by atoms with van der Waals surface area (Å²) in [5, 5.41) is 2.35. The van der Waals surface area contributed by atoms with Gasteiger partial charge in [0.05, 0.1) is 23.1 Å². The molecule has 0 radical (unpaired) electrons. The second-order valence-electron chi connectivity index (χ2n) is 8.41. The molecule has 5 atom stereocenters. The first-order chi connectivity index (χ1) is 16.9. The molecule has 2 aliphatic rings. The van der Waals surface area contributed by atoms with Gasteiger partial charge in [-0.3, -0.25) is 14.9 Å². The Morgan fingerprint density at radius 1 is 0.857 bits per heavy atom. The minimum Gasteiger partial charge on any atom is -0.452 e. The maximum Gasteiger partial charge on any atom is 0.338 e. The molecule has 0 spiro atoms. The molecule has 2 heterocycles. The molecule has 0 saturated carbocycles. The van der Waals surface area contributed by atoms with Gasteiger partial charge in [-0.1, -0.05) is 56.3 Å². The van der Waals surface area contributed by atoms with E-state index < -0.39 is 54.1 Å². The van der Waals surface area contributed by atoms with E-state index >= 15 is 0 Å². The minimum absolute atomic E-state index is 0.312. The van der Waals surface area contributed by atoms with Gasteiger partial charge in [0.15, 0.2) is 12.2 Å². The number of benzene rings is 2. The van der Waals surface area contributed by atoms with E-state index in [2.05, 4.69) is 5.32 Å². The largest absolute Gasteiger partial charge is 0.452 e. The number of amides is 2. The smallest absolute Gasteiger partial charge is 0.338 e. The third-order valence-corrected chi connectivity index (χ3v) is 6.20. The first-order valence-corrected chi connectivity index (χ1v) is 11.7. The summed E-state index contributed by atoms with van der Waals surface area (Å²) in [6.07, 6.45) is -1.17. The lowest BCUT2D eigenvalue weighted by molar-refractivity contribution is -0.136. The highest BCUT2D eigenvalue weighted by Gasteiger charge is 2.53. The first-order valence-electron chi connectivity index (χ1n) is 11.7. The van der Waals surface area contributed by atoms with Crippen LogP contribution in [-0.4, -0.2) is 48.2 Å². The van der Waals surface area contributed by atoms with Crippen LogP contribution in [0.5, 0.6) is 0 Å². The topological polar surface area (TPSA) is 108 Å². The van der Waals surface area contributed by atoms with E-state index in [9.17, 15) is 19.2 Å². The molecule has 2 aromatic rings. The molecule has 2 aromatic carbocycles. The van der Waals surface area contributed by atoms with Crippen molar-refractivity contribution < 1.29 is 33.4 Å². The zero-order valence-electron chi connectivity index (χ0n) is 19.5. The zero-order valence-corrected chi connectivity index (χ0v) is 19.5. The molecule has 2 amide bonds. The van der Waals surface area contributed by atoms with Crippen molar-refractivity contribution in [2.45, 2.75) is 51.1 Å². The Balaban J connectivity index is 1.68. The number of hydrogen-bond acceptors (Lipinski definition) is 7. The lowest BCUT2D eigenvalue weighted by atomic mass is 9.89. The van der Waals surface area contributed by atoms with Crippen LogP contribution in [0, 0.1) is 5.92 Å². The first kappa shape index (κ1) is 24.3. The lowest BCUT2D eigenvalue weighted by Gasteiger charge is -2.29. The number of carbonyl (C=O) groups is 4. The predicted octanol–water partition coefficient (Wildman–Crippen LogP) is 3.22. The number of imide groups is 1. The summed E-state index contributed by atoms with van der Waals surface area (Å²) in [6.45, 7) is 3.66. The number of nitrogens with one attached hydrogen (secondary N) is 1. The molecule has 1 N–H and O–H groups in total. The van der Waals surface area contributed by atoms with Gasteiger partial charge >= 0.3 is 11.9 Å². The van der Waals surface area contributed by atoms with Crippen molar-refractivity contribution in [3.05, 3.63) is 83.4 Å². The van der Waals surface area contributed by atoms with Crippen LogP contribution in [0.2, 0.25) is 0 Å². The van der Waals surface area contributed by atoms with E-state index in [1.54, 1.807) is 73.7 Å². The Morgan fingerprint density at radius 3 is 1.91 bits per heavy atom. The molecule has 8 heteroatoms. The number of ether oxygens (including phenoxy) is 3. The molecular formula is C27H27NO7. The van der Waals surface area contributed by atoms with E-state index in [0.717, 1.165) is 0 Å². The molecule has 0 aromatic heterocycles. The summed E-state index contributed by atoms with van der Waals surface area (Å²) in [4.78, 5) is 50.8. The predicted molar refractivity (Wildman–Crippen MR) is 125 cm³/mol. The summed E-state index contributed by atoms with van der Waals surface area (Å²) in [6, 6.07) is 16.9. The van der Waals surface area contributed by atoms with Crippen molar-refractivity contribution in [2.75, 3.05) is 0 Å². The van der Waals surface area contributed by atoms with Crippen molar-refractivity contribution in [1.29, 1.82) is 0 Å². The molecular weight excluding hydrogens is 450 g/mol. The van der Waals surface area contributed by atoms with Crippen LogP contribution in [0.25, 0.3) is 0 Å². The van der Waals surface area contributed by atoms with Gasteiger partial charge in [-0.15, -0.1) is 0 Å². The van der Waals surface area contributed by atoms with E-state index in [1.807, 2.05) is 6.92 Å². The number of carbonyl (C=O) groups excluding carboxylic acids is 4. The van der Waals surface area contributed by atoms with Crippen LogP contribution in [0.4, 0.5) is 0 Å². The molecule has 35 heavy (non-hydrogen) atoms. The molecule has 182 valence electrons. The van der Waals surface area contributed by atoms with Gasteiger partial charge in [-0.05, 0) is 37.1 Å². The van der Waals surface area contributed by atoms with Gasteiger partial charge in [0.2, 0.25) is 5.91 Å². The van der Waals surface area contributed by atoms with Gasteiger partial charge in [0, 0.05) is 5.57 Å². The Kier molecular flexibility index (Phi) is 7.41. The highest BCUT2D eigenvalue weighted by Crippen LogP contribution is 2.36. The molecule has 2 unspecified atom stereocenters. The maximum absolute atomic E-state index is 13.0. The van der Waals surface area contributed by atoms with Crippen LogP contribution in [0.1, 0.15) is 47.4 Å². The lowest BCUT2D eigenvalue weighted by Crippen LogP contribution is -2.49. The van der Waals surface area contributed by atoms with Crippen LogP contribution in [0.3, 0.4) is 0 Å². The van der Waals surface area contributed by atoms with E-state index in [0.29, 0.717) is 29.5 Å². The Morgan fingerprint density at radius 2 is 1.40 bits per heavy atom. The SMILES string of the molecule is CCC1=CC([C@@H]2O[C@H](CC)C(OC(=O)c3ccccc3)[C@@H]2OC(=O)c2ccccc2)C(=O)NC1=O. The fraction of sp³-hybridized carbons (Fsp3) is 0.333. The molecule has 8 nitrogen and oxygen atoms in total. The van der Waals surface area contributed by atoms with Gasteiger partial charge in [-0.2, -0.15) is 0 Å². The Bertz CT molecular complexity index is 1130. The Hall–Kier alpha value is -3.78. The minimum atomic E-state index is -1.07. The molecule has 0 bridgehead atoms. The molecule has 4 rings (SSSR count). The van der Waals surface area contributed by atoms with Crippen molar-refractivity contribution in [3.63, 3.8) is 0 Å². The molecule has 0 aliphatic carbocycles. The summed E-state index contributed by atoms with van der Waals surface area (Å²) in [5.74, 6) is -3.13. The third kappa shape index (κ3) is 5.17. The van der Waals surface area contributed by atoms with Gasteiger partial charge in [-0.25, -0.2) is 9.59 Å². The third-order valence-electron chi connectivity index (χ3n) is 6.20. The van der Waals surface area contributed by atoms with Crippen molar-refractivity contribution in [3.8, 4) is 0 Å². The van der Waals surface area contributed by atoms with Crippen molar-refractivity contribution >= 4 is 23.8 Å². The number of hydrogen-bond donors (Lipinski definition) is 1. The van der Waals surface area contributed by atoms with Crippen LogP contribution < -0.4 is 5.32 Å². The van der Waals surface area contributed by atoms with E-state index in [1.165, 1.54) is 0 Å². The zero-order chi connectivity index (χ0) is 24.9. The fourth-order valence-electron chi connectivity index (χ4n) is 4.35. The quantitative estimate of drug-likeness (QED) is 0.482. The average Bonchev–Trinajstić information content (AvgIpc) is 3.21. The average molecular weight is 478 g/mol. The van der Waals surface area contributed by atoms with E-state index in [-0.39, 0.29) is 0 Å². The van der Waals surface area contributed by atoms with E-state index in [4.69, 9.17) is 14.2 Å². The molecule has 2 aliphatic heterocycles. The van der Waals surface area contributed by atoms with Crippen LogP contribution in [-0.2, 0) is 23.8 Å². The summed E-state index contributed by atoms with van der Waals surface area (Å²) < 4.78 is 17.8. The van der Waals surface area contributed by atoms with Gasteiger partial charge in [0.1, 0.15) is 6.10 Å². The summed E-state index contributed by atoms with van der Waals surface area (Å²) in [5.41, 5.74) is 1.09. The summed E-state index contributed by atoms with van der Waals surface area (Å²) >= 11 is 0. The molecule has 1 fully saturated rings. The van der Waals surface area contributed by atoms with Gasteiger partial charge in [0.25, 0.3) is 5.91 Å². The normalized spacial score (nSPS) is 26.0. The Labute approximate surface area is 203 Å². The second kappa shape index (κ2) is 10.7. The highest BCUT2D eigenvalue weighted by atomic mass is 16.6. The fourth-order valence-corrected chi connectivity index (χ4v) is 4.35. The monoisotopic (exact) mass is 477 g/mol. The summed E-state index contributed by atoms with van der Waals surface area (Å²) in [7, 11) is 0. The second-order valence-corrected chi connectivity index (χ2v) is 8.41.